The number of methoxy groups -OCH3 is 1. The molecule has 0 radical (unpaired) electrons. The quantitative estimate of drug-likeness (QED) is 0.821. The summed E-state index contributed by atoms with van der Waals surface area (Å²) in [4.78, 5) is 10.7. The number of aryl methyl sites for hydroxylation is 2. The number of aliphatic carboxylic acids is 1. The number of rotatable bonds is 5. The Morgan fingerprint density at radius 2 is 1.94 bits per heavy atom. The molecule has 1 unspecified atom stereocenters. The summed E-state index contributed by atoms with van der Waals surface area (Å²) in [7, 11) is 1.54. The van der Waals surface area contributed by atoms with Crippen LogP contribution in [0.25, 0.3) is 0 Å². The summed E-state index contributed by atoms with van der Waals surface area (Å²) < 4.78 is 5.24. The third-order valence-corrected chi connectivity index (χ3v) is 2.93. The van der Waals surface area contributed by atoms with Gasteiger partial charge in [0.1, 0.15) is 5.75 Å². The van der Waals surface area contributed by atoms with Crippen molar-refractivity contribution in [3.8, 4) is 5.75 Å². The van der Waals surface area contributed by atoms with Crippen molar-refractivity contribution in [2.75, 3.05) is 13.7 Å². The van der Waals surface area contributed by atoms with E-state index in [0.29, 0.717) is 5.75 Å². The van der Waals surface area contributed by atoms with Gasteiger partial charge in [-0.3, -0.25) is 4.79 Å². The molecule has 0 fully saturated rings. The van der Waals surface area contributed by atoms with E-state index in [-0.39, 0.29) is 13.0 Å². The van der Waals surface area contributed by atoms with Gasteiger partial charge in [-0.1, -0.05) is 6.07 Å². The van der Waals surface area contributed by atoms with Crippen molar-refractivity contribution in [1.82, 2.24) is 0 Å². The first kappa shape index (κ1) is 13.5. The molecule has 0 amide bonds. The third-order valence-electron chi connectivity index (χ3n) is 2.93. The molecule has 1 aromatic carbocycles. The molecule has 4 nitrogen and oxygen atoms in total. The second-order valence-electron chi connectivity index (χ2n) is 4.16. The first-order chi connectivity index (χ1) is 7.99. The van der Waals surface area contributed by atoms with Gasteiger partial charge < -0.3 is 14.9 Å². The van der Waals surface area contributed by atoms with Gasteiger partial charge in [-0.15, -0.1) is 0 Å². The van der Waals surface area contributed by atoms with Gasteiger partial charge in [0.25, 0.3) is 0 Å². The fourth-order valence-electron chi connectivity index (χ4n) is 1.79. The summed E-state index contributed by atoms with van der Waals surface area (Å²) in [5.74, 6) is -0.723. The molecule has 1 rings (SSSR count). The largest absolute Gasteiger partial charge is 0.496 e. The molecule has 2 N–H and O–H groups in total. The molecular weight excluding hydrogens is 220 g/mol. The van der Waals surface area contributed by atoms with Crippen LogP contribution in [0.3, 0.4) is 0 Å². The predicted molar refractivity (Wildman–Crippen MR) is 64.5 cm³/mol. The lowest BCUT2D eigenvalue weighted by Gasteiger charge is -2.18. The molecule has 0 saturated heterocycles. The summed E-state index contributed by atoms with van der Waals surface area (Å²) in [6.07, 6.45) is -0.102. The SMILES string of the molecule is COc1cc(C)c(C)cc1C(CO)CC(=O)O. The van der Waals surface area contributed by atoms with E-state index < -0.39 is 11.9 Å². The van der Waals surface area contributed by atoms with Crippen LogP contribution in [-0.4, -0.2) is 29.9 Å². The highest BCUT2D eigenvalue weighted by Crippen LogP contribution is 2.31. The normalized spacial score (nSPS) is 12.2. The van der Waals surface area contributed by atoms with Crippen LogP contribution in [0.5, 0.6) is 5.75 Å². The number of aliphatic hydroxyl groups is 1. The lowest BCUT2D eigenvalue weighted by molar-refractivity contribution is -0.137. The van der Waals surface area contributed by atoms with E-state index in [2.05, 4.69) is 0 Å². The minimum absolute atomic E-state index is 0.102. The smallest absolute Gasteiger partial charge is 0.304 e. The highest BCUT2D eigenvalue weighted by molar-refractivity contribution is 5.68. The lowest BCUT2D eigenvalue weighted by atomic mass is 9.92. The Labute approximate surface area is 101 Å². The maximum absolute atomic E-state index is 10.7. The highest BCUT2D eigenvalue weighted by Gasteiger charge is 2.19. The van der Waals surface area contributed by atoms with E-state index in [1.165, 1.54) is 0 Å². The number of carboxylic acids is 1. The maximum atomic E-state index is 10.7. The van der Waals surface area contributed by atoms with E-state index in [1.54, 1.807) is 7.11 Å². The van der Waals surface area contributed by atoms with Crippen molar-refractivity contribution in [3.63, 3.8) is 0 Å². The molecule has 4 heteroatoms. The molecule has 0 aromatic heterocycles. The van der Waals surface area contributed by atoms with Crippen molar-refractivity contribution in [2.45, 2.75) is 26.2 Å². The molecular formula is C13H18O4. The topological polar surface area (TPSA) is 66.8 Å². The van der Waals surface area contributed by atoms with Crippen LogP contribution in [-0.2, 0) is 4.79 Å². The van der Waals surface area contributed by atoms with Crippen molar-refractivity contribution in [1.29, 1.82) is 0 Å². The van der Waals surface area contributed by atoms with Crippen LogP contribution >= 0.6 is 0 Å². The Hall–Kier alpha value is -1.55. The summed E-state index contributed by atoms with van der Waals surface area (Å²) in [6.45, 7) is 3.71. The molecule has 0 saturated carbocycles. The zero-order chi connectivity index (χ0) is 13.0. The summed E-state index contributed by atoms with van der Waals surface area (Å²) >= 11 is 0. The van der Waals surface area contributed by atoms with Crippen LogP contribution in [0.1, 0.15) is 29.0 Å². The number of aliphatic hydroxyl groups excluding tert-OH is 1. The lowest BCUT2D eigenvalue weighted by Crippen LogP contribution is -2.12. The van der Waals surface area contributed by atoms with E-state index in [9.17, 15) is 9.90 Å². The molecule has 0 aliphatic rings. The monoisotopic (exact) mass is 238 g/mol. The van der Waals surface area contributed by atoms with Crippen molar-refractivity contribution < 1.29 is 19.7 Å². The minimum atomic E-state index is -0.927. The van der Waals surface area contributed by atoms with Gasteiger partial charge >= 0.3 is 5.97 Å². The Bertz CT molecular complexity index is 412. The summed E-state index contributed by atoms with van der Waals surface area (Å²) in [5, 5.41) is 18.1. The number of hydrogen-bond donors (Lipinski definition) is 2. The Morgan fingerprint density at radius 1 is 1.35 bits per heavy atom. The fourth-order valence-corrected chi connectivity index (χ4v) is 1.79. The number of hydrogen-bond acceptors (Lipinski definition) is 3. The first-order valence-corrected chi connectivity index (χ1v) is 5.47. The number of carbonyl (C=O) groups is 1. The summed E-state index contributed by atoms with van der Waals surface area (Å²) in [6, 6.07) is 3.76. The van der Waals surface area contributed by atoms with Crippen LogP contribution < -0.4 is 4.74 Å². The molecule has 1 aromatic rings. The predicted octanol–water partition coefficient (Wildman–Crippen LogP) is 1.86. The van der Waals surface area contributed by atoms with E-state index in [0.717, 1.165) is 16.7 Å². The van der Waals surface area contributed by atoms with E-state index in [1.807, 2.05) is 26.0 Å². The van der Waals surface area contributed by atoms with Gasteiger partial charge in [-0.05, 0) is 31.0 Å². The van der Waals surface area contributed by atoms with Gasteiger partial charge in [0.05, 0.1) is 20.1 Å². The van der Waals surface area contributed by atoms with E-state index in [4.69, 9.17) is 9.84 Å². The minimum Gasteiger partial charge on any atom is -0.496 e. The van der Waals surface area contributed by atoms with Crippen LogP contribution in [0.4, 0.5) is 0 Å². The maximum Gasteiger partial charge on any atom is 0.304 e. The molecule has 0 aliphatic carbocycles. The zero-order valence-corrected chi connectivity index (χ0v) is 10.4. The average molecular weight is 238 g/mol. The fraction of sp³-hybridized carbons (Fsp3) is 0.462. The van der Waals surface area contributed by atoms with Gasteiger partial charge in [0.2, 0.25) is 0 Å². The number of ether oxygens (including phenoxy) is 1. The van der Waals surface area contributed by atoms with Crippen molar-refractivity contribution in [2.24, 2.45) is 0 Å². The van der Waals surface area contributed by atoms with E-state index >= 15 is 0 Å². The van der Waals surface area contributed by atoms with Crippen LogP contribution in [0.2, 0.25) is 0 Å². The average Bonchev–Trinajstić information content (AvgIpc) is 2.28. The third kappa shape index (κ3) is 3.20. The molecule has 0 heterocycles. The Kier molecular flexibility index (Phi) is 4.52. The second-order valence-corrected chi connectivity index (χ2v) is 4.16. The standard InChI is InChI=1S/C13H18O4/c1-8-4-11(10(7-14)6-13(15)16)12(17-3)5-9(8)2/h4-5,10,14H,6-7H2,1-3H3,(H,15,16). The van der Waals surface area contributed by atoms with Crippen LogP contribution in [0.15, 0.2) is 12.1 Å². The Morgan fingerprint density at radius 3 is 2.41 bits per heavy atom. The first-order valence-electron chi connectivity index (χ1n) is 5.47. The highest BCUT2D eigenvalue weighted by atomic mass is 16.5. The molecule has 94 valence electrons. The van der Waals surface area contributed by atoms with Crippen molar-refractivity contribution >= 4 is 5.97 Å². The summed E-state index contributed by atoms with van der Waals surface area (Å²) in [5.41, 5.74) is 2.89. The Balaban J connectivity index is 3.17. The van der Waals surface area contributed by atoms with Gasteiger partial charge in [-0.2, -0.15) is 0 Å². The number of benzene rings is 1. The molecule has 17 heavy (non-hydrogen) atoms. The zero-order valence-electron chi connectivity index (χ0n) is 10.4. The molecule has 1 atom stereocenters. The molecule has 0 bridgehead atoms. The van der Waals surface area contributed by atoms with Crippen LogP contribution in [0, 0.1) is 13.8 Å². The van der Waals surface area contributed by atoms with Gasteiger partial charge in [0.15, 0.2) is 0 Å². The molecule has 0 spiro atoms. The second kappa shape index (κ2) is 5.68. The number of carboxylic acid groups (broad SMARTS) is 1. The van der Waals surface area contributed by atoms with Crippen molar-refractivity contribution in [3.05, 3.63) is 28.8 Å². The van der Waals surface area contributed by atoms with Gasteiger partial charge in [0, 0.05) is 11.5 Å². The molecule has 0 aliphatic heterocycles. The van der Waals surface area contributed by atoms with Gasteiger partial charge in [-0.25, -0.2) is 0 Å².